The first-order valence-corrected chi connectivity index (χ1v) is 17.4. The number of carbonyl (C=O) groups excluding carboxylic acids is 3. The van der Waals surface area contributed by atoms with Crippen LogP contribution in [0.2, 0.25) is 0 Å². The summed E-state index contributed by atoms with van der Waals surface area (Å²) in [5.74, 6) is -2.35. The van der Waals surface area contributed by atoms with Crippen LogP contribution in [0.5, 0.6) is 0 Å². The van der Waals surface area contributed by atoms with Gasteiger partial charge in [-0.1, -0.05) is 30.4 Å². The first kappa shape index (κ1) is 29.0. The molecule has 1 aromatic carbocycles. The number of hydrogen-bond donors (Lipinski definition) is 3. The summed E-state index contributed by atoms with van der Waals surface area (Å²) >= 11 is 0. The highest BCUT2D eigenvalue weighted by Crippen LogP contribution is 2.77. The first-order valence-electron chi connectivity index (χ1n) is 17.4. The number of anilines is 1. The van der Waals surface area contributed by atoms with Gasteiger partial charge in [0.1, 0.15) is 12.2 Å². The van der Waals surface area contributed by atoms with E-state index in [0.717, 1.165) is 37.2 Å². The zero-order valence-electron chi connectivity index (χ0n) is 26.7. The lowest BCUT2D eigenvalue weighted by Gasteiger charge is -2.56. The van der Waals surface area contributed by atoms with E-state index in [9.17, 15) is 24.6 Å². The van der Waals surface area contributed by atoms with Crippen LogP contribution in [0.1, 0.15) is 50.5 Å². The number of nitrogens with zero attached hydrogens (tertiary/aromatic N) is 1. The molecule has 3 N–H and O–H groups in total. The van der Waals surface area contributed by atoms with E-state index in [1.807, 2.05) is 13.0 Å². The Morgan fingerprint density at radius 3 is 2.79 bits per heavy atom. The van der Waals surface area contributed by atoms with Crippen molar-refractivity contribution in [2.24, 2.45) is 40.9 Å². The molecule has 10 rings (SSSR count). The second-order valence-corrected chi connectivity index (χ2v) is 16.2. The molecule has 5 saturated heterocycles. The van der Waals surface area contributed by atoms with Crippen molar-refractivity contribution in [3.8, 4) is 0 Å². The number of esters is 3. The van der Waals surface area contributed by atoms with E-state index in [4.69, 9.17) is 18.9 Å². The Balaban J connectivity index is 0.974. The minimum Gasteiger partial charge on any atom is -0.469 e. The normalized spacial score (nSPS) is 52.5. The summed E-state index contributed by atoms with van der Waals surface area (Å²) in [6, 6.07) is 8.71. The molecular weight excluding hydrogens is 604 g/mol. The lowest BCUT2D eigenvalue weighted by molar-refractivity contribution is -0.195. The van der Waals surface area contributed by atoms with Gasteiger partial charge >= 0.3 is 17.9 Å². The molecule has 0 radical (unpaired) electrons. The number of rotatable bonds is 4. The Morgan fingerprint density at radius 2 is 1.98 bits per heavy atom. The number of hydrogen-bond acceptors (Lipinski definition) is 11. The molecule has 11 nitrogen and oxygen atoms in total. The van der Waals surface area contributed by atoms with Crippen LogP contribution in [0.3, 0.4) is 0 Å². The minimum absolute atomic E-state index is 0.0558. The fraction of sp³-hybridized carbons (Fsp3) is 0.694. The molecule has 47 heavy (non-hydrogen) atoms. The number of para-hydroxylation sites is 1. The van der Waals surface area contributed by atoms with Crippen LogP contribution >= 0.6 is 0 Å². The van der Waals surface area contributed by atoms with E-state index in [1.54, 1.807) is 0 Å². The highest BCUT2D eigenvalue weighted by atomic mass is 16.7. The number of nitrogens with one attached hydrogen (secondary N) is 1. The van der Waals surface area contributed by atoms with Gasteiger partial charge in [0, 0.05) is 49.1 Å². The average Bonchev–Trinajstić information content (AvgIpc) is 3.27. The van der Waals surface area contributed by atoms with Gasteiger partial charge in [0.2, 0.25) is 5.60 Å². The molecule has 3 saturated carbocycles. The van der Waals surface area contributed by atoms with Crippen molar-refractivity contribution < 1.29 is 43.5 Å². The highest BCUT2D eigenvalue weighted by Gasteiger charge is 2.95. The van der Waals surface area contributed by atoms with Crippen molar-refractivity contribution >= 4 is 23.6 Å². The van der Waals surface area contributed by atoms with E-state index < -0.39 is 70.7 Å². The molecule has 6 heterocycles. The summed E-state index contributed by atoms with van der Waals surface area (Å²) in [5, 5.41) is 27.1. The maximum Gasteiger partial charge on any atom is 0.342 e. The summed E-state index contributed by atoms with van der Waals surface area (Å²) in [5.41, 5.74) is -0.511. The summed E-state index contributed by atoms with van der Waals surface area (Å²) in [6.07, 6.45) is 0.464. The first-order chi connectivity index (χ1) is 22.5. The van der Waals surface area contributed by atoms with Gasteiger partial charge in [-0.3, -0.25) is 14.5 Å². The lowest BCUT2D eigenvalue weighted by atomic mass is 9.52. The maximum atomic E-state index is 13.5. The van der Waals surface area contributed by atoms with Gasteiger partial charge in [0.05, 0.1) is 36.1 Å². The molecule has 5 unspecified atom stereocenters. The number of fused-ring (bicyclic) bond motifs is 10. The standard InChI is InChI=1S/C36H42N2O9/c1-15(24-27-32(41)45-29(24)30-34(2)35(27,43)12-23-36(34,47-23)33(42)46-30)10-17-14-38-13-16-8-9-22(39)26(31(40)44-3)19(16)11-21(38)28-25(17)18-6-4-5-7-20(18)37-28/h4-7,16-17,19,21-30,37,39,43H,1,8-14H2,2-3H3/t16-,17?,19-,21-,22-,23+,24?,25?,26+,27+,28?,29+,30+,34+,35?,36-/m0/s1. The third kappa shape index (κ3) is 3.26. The van der Waals surface area contributed by atoms with Crippen LogP contribution in [-0.4, -0.2) is 101 Å². The molecule has 9 aliphatic rings. The van der Waals surface area contributed by atoms with E-state index >= 15 is 0 Å². The van der Waals surface area contributed by atoms with E-state index in [2.05, 4.69) is 35.0 Å². The van der Waals surface area contributed by atoms with E-state index in [1.165, 1.54) is 12.7 Å². The number of epoxide rings is 1. The zero-order chi connectivity index (χ0) is 32.4. The third-order valence-corrected chi connectivity index (χ3v) is 14.7. The number of aliphatic hydroxyl groups excluding tert-OH is 1. The molecule has 6 aliphatic heterocycles. The zero-order valence-corrected chi connectivity index (χ0v) is 26.7. The van der Waals surface area contributed by atoms with Gasteiger partial charge in [-0.2, -0.15) is 0 Å². The summed E-state index contributed by atoms with van der Waals surface area (Å²) in [4.78, 5) is 42.2. The smallest absolute Gasteiger partial charge is 0.342 e. The Labute approximate surface area is 272 Å². The fourth-order valence-electron chi connectivity index (χ4n) is 12.7. The fourth-order valence-corrected chi connectivity index (χ4v) is 12.7. The predicted octanol–water partition coefficient (Wildman–Crippen LogP) is 1.77. The summed E-state index contributed by atoms with van der Waals surface area (Å²) in [7, 11) is 1.41. The number of ether oxygens (including phenoxy) is 4. The van der Waals surface area contributed by atoms with Gasteiger partial charge in [0.15, 0.2) is 6.10 Å². The Kier molecular flexibility index (Phi) is 5.65. The predicted molar refractivity (Wildman–Crippen MR) is 164 cm³/mol. The SMILES string of the molecule is C=C(CC1CN2C[C@@H]3CC[C@H](O)[C@H](C(=O)OC)[C@H]3C[C@H]2C2Nc3ccccc3C12)C1[C@H]2OC(=O)[C@@H]1C1(O)C[C@H]3O[C@]34C(=O)O[C@H]2[C@]14C. The molecule has 1 spiro atoms. The van der Waals surface area contributed by atoms with Gasteiger partial charge in [0.25, 0.3) is 0 Å². The molecule has 0 amide bonds. The largest absolute Gasteiger partial charge is 0.469 e. The average molecular weight is 647 g/mol. The molecule has 0 aromatic heterocycles. The van der Waals surface area contributed by atoms with Crippen molar-refractivity contribution in [3.63, 3.8) is 0 Å². The number of methoxy groups -OCH3 is 1. The molecule has 16 atom stereocenters. The monoisotopic (exact) mass is 646 g/mol. The lowest BCUT2D eigenvalue weighted by Crippen LogP contribution is -2.66. The molecule has 1 aromatic rings. The Morgan fingerprint density at radius 1 is 1.17 bits per heavy atom. The van der Waals surface area contributed by atoms with Crippen LogP contribution in [0.4, 0.5) is 5.69 Å². The van der Waals surface area contributed by atoms with Crippen LogP contribution < -0.4 is 5.32 Å². The van der Waals surface area contributed by atoms with Gasteiger partial charge in [-0.15, -0.1) is 0 Å². The molecule has 250 valence electrons. The van der Waals surface area contributed by atoms with Crippen LogP contribution in [0, 0.1) is 40.9 Å². The summed E-state index contributed by atoms with van der Waals surface area (Å²) < 4.78 is 23.0. The summed E-state index contributed by atoms with van der Waals surface area (Å²) in [6.45, 7) is 8.10. The molecular formula is C36H42N2O9. The third-order valence-electron chi connectivity index (χ3n) is 14.7. The van der Waals surface area contributed by atoms with Crippen LogP contribution in [0.25, 0.3) is 0 Å². The quantitative estimate of drug-likeness (QED) is 0.190. The topological polar surface area (TPSA) is 147 Å². The van der Waals surface area contributed by atoms with Crippen molar-refractivity contribution in [1.82, 2.24) is 4.90 Å². The molecule has 8 fully saturated rings. The van der Waals surface area contributed by atoms with E-state index in [-0.39, 0.29) is 48.1 Å². The van der Waals surface area contributed by atoms with E-state index in [0.29, 0.717) is 12.8 Å². The van der Waals surface area contributed by atoms with Crippen molar-refractivity contribution in [2.45, 2.75) is 92.6 Å². The van der Waals surface area contributed by atoms with Crippen LogP contribution in [-0.2, 0) is 33.3 Å². The van der Waals surface area contributed by atoms with Crippen LogP contribution in [0.15, 0.2) is 36.4 Å². The molecule has 2 bridgehead atoms. The maximum absolute atomic E-state index is 13.5. The van der Waals surface area contributed by atoms with Gasteiger partial charge in [-0.05, 0) is 62.0 Å². The van der Waals surface area contributed by atoms with Gasteiger partial charge in [-0.25, -0.2) is 4.79 Å². The number of piperidine rings is 2. The Hall–Kier alpha value is -2.99. The second-order valence-electron chi connectivity index (χ2n) is 16.2. The highest BCUT2D eigenvalue weighted by molar-refractivity contribution is 5.91. The number of aliphatic hydroxyl groups is 2. The van der Waals surface area contributed by atoms with Gasteiger partial charge < -0.3 is 34.5 Å². The van der Waals surface area contributed by atoms with Crippen molar-refractivity contribution in [1.29, 1.82) is 0 Å². The minimum atomic E-state index is -1.49. The second kappa shape index (κ2) is 9.16. The molecule has 11 heteroatoms. The van der Waals surface area contributed by atoms with Crippen molar-refractivity contribution in [3.05, 3.63) is 42.0 Å². The number of carbonyl (C=O) groups is 3. The Bertz CT molecular complexity index is 1630. The molecule has 3 aliphatic carbocycles. The number of benzene rings is 1. The van der Waals surface area contributed by atoms with Crippen molar-refractivity contribution in [2.75, 3.05) is 25.5 Å².